The Balaban J connectivity index is 2.62. The third-order valence-electron chi connectivity index (χ3n) is 3.38. The highest BCUT2D eigenvalue weighted by atomic mass is 16.1. The van der Waals surface area contributed by atoms with Crippen molar-refractivity contribution < 1.29 is 4.79 Å². The first-order chi connectivity index (χ1) is 6.19. The summed E-state index contributed by atoms with van der Waals surface area (Å²) in [7, 11) is 0. The zero-order valence-corrected chi connectivity index (χ0v) is 8.75. The summed E-state index contributed by atoms with van der Waals surface area (Å²) in [5.41, 5.74) is 1.26. The van der Waals surface area contributed by atoms with Crippen molar-refractivity contribution in [2.75, 3.05) is 0 Å². The number of allylic oxidation sites excluding steroid dienone is 1. The van der Waals surface area contributed by atoms with Crippen LogP contribution in [0.1, 0.15) is 39.5 Å². The van der Waals surface area contributed by atoms with E-state index in [9.17, 15) is 4.79 Å². The first-order valence-electron chi connectivity index (χ1n) is 5.29. The minimum Gasteiger partial charge on any atom is -0.303 e. The van der Waals surface area contributed by atoms with Gasteiger partial charge in [-0.1, -0.05) is 25.5 Å². The van der Waals surface area contributed by atoms with Gasteiger partial charge in [0, 0.05) is 5.92 Å². The fourth-order valence-electron chi connectivity index (χ4n) is 2.48. The fraction of sp³-hybridized carbons (Fsp3) is 0.750. The summed E-state index contributed by atoms with van der Waals surface area (Å²) in [6.07, 6.45) is 5.69. The highest BCUT2D eigenvalue weighted by Gasteiger charge is 2.29. The molecule has 0 amide bonds. The van der Waals surface area contributed by atoms with Crippen LogP contribution in [0.5, 0.6) is 0 Å². The lowest BCUT2D eigenvalue weighted by atomic mass is 9.71. The lowest BCUT2D eigenvalue weighted by molar-refractivity contribution is -0.112. The van der Waals surface area contributed by atoms with Crippen molar-refractivity contribution >= 4 is 6.29 Å². The highest BCUT2D eigenvalue weighted by molar-refractivity contribution is 5.53. The molecule has 1 aliphatic carbocycles. The van der Waals surface area contributed by atoms with Gasteiger partial charge >= 0.3 is 0 Å². The molecule has 13 heavy (non-hydrogen) atoms. The van der Waals surface area contributed by atoms with Gasteiger partial charge in [0.05, 0.1) is 0 Å². The molecule has 3 atom stereocenters. The van der Waals surface area contributed by atoms with Gasteiger partial charge in [-0.15, -0.1) is 0 Å². The average Bonchev–Trinajstić information content (AvgIpc) is 2.16. The smallest absolute Gasteiger partial charge is 0.123 e. The number of hydrogen-bond acceptors (Lipinski definition) is 1. The van der Waals surface area contributed by atoms with Crippen LogP contribution in [-0.4, -0.2) is 6.29 Å². The summed E-state index contributed by atoms with van der Waals surface area (Å²) in [6.45, 7) is 8.37. The zero-order chi connectivity index (χ0) is 9.84. The predicted molar refractivity (Wildman–Crippen MR) is 55.5 cm³/mol. The Morgan fingerprint density at radius 1 is 1.54 bits per heavy atom. The van der Waals surface area contributed by atoms with Gasteiger partial charge < -0.3 is 4.79 Å². The van der Waals surface area contributed by atoms with Gasteiger partial charge in [0.25, 0.3) is 0 Å². The molecule has 74 valence electrons. The van der Waals surface area contributed by atoms with E-state index in [1.54, 1.807) is 0 Å². The van der Waals surface area contributed by atoms with E-state index in [2.05, 4.69) is 20.4 Å². The molecule has 1 fully saturated rings. The summed E-state index contributed by atoms with van der Waals surface area (Å²) in [5.74, 6) is 1.66. The van der Waals surface area contributed by atoms with Crippen LogP contribution in [0.15, 0.2) is 12.2 Å². The van der Waals surface area contributed by atoms with Crippen molar-refractivity contribution in [3.8, 4) is 0 Å². The normalized spacial score (nSPS) is 34.2. The maximum atomic E-state index is 10.7. The standard InChI is InChI=1S/C12H20O/c1-4-11-6-5-10(8-13)7-12(11)9(2)3/h8,10-12H,2,4-7H2,1,3H3. The second-order valence-corrected chi connectivity index (χ2v) is 4.33. The van der Waals surface area contributed by atoms with E-state index in [4.69, 9.17) is 0 Å². The quantitative estimate of drug-likeness (QED) is 0.481. The first-order valence-corrected chi connectivity index (χ1v) is 5.29. The van der Waals surface area contributed by atoms with E-state index >= 15 is 0 Å². The van der Waals surface area contributed by atoms with Crippen molar-refractivity contribution in [1.82, 2.24) is 0 Å². The Morgan fingerprint density at radius 2 is 2.23 bits per heavy atom. The lowest BCUT2D eigenvalue weighted by Gasteiger charge is -2.34. The number of hydrogen-bond donors (Lipinski definition) is 0. The molecule has 1 heteroatoms. The molecule has 1 nitrogen and oxygen atoms in total. The minimum atomic E-state index is 0.296. The molecule has 0 bridgehead atoms. The molecule has 0 radical (unpaired) electrons. The zero-order valence-electron chi connectivity index (χ0n) is 8.75. The molecule has 1 saturated carbocycles. The third-order valence-corrected chi connectivity index (χ3v) is 3.38. The van der Waals surface area contributed by atoms with Crippen LogP contribution < -0.4 is 0 Å². The highest BCUT2D eigenvalue weighted by Crippen LogP contribution is 2.38. The van der Waals surface area contributed by atoms with Crippen molar-refractivity contribution in [2.24, 2.45) is 17.8 Å². The van der Waals surface area contributed by atoms with Crippen molar-refractivity contribution in [2.45, 2.75) is 39.5 Å². The SMILES string of the molecule is C=C(C)C1CC(C=O)CCC1CC. The largest absolute Gasteiger partial charge is 0.303 e. The summed E-state index contributed by atoms with van der Waals surface area (Å²) >= 11 is 0. The molecular weight excluding hydrogens is 160 g/mol. The molecule has 0 aromatic carbocycles. The molecule has 0 aromatic heterocycles. The Kier molecular flexibility index (Phi) is 3.71. The van der Waals surface area contributed by atoms with Crippen LogP contribution in [0.25, 0.3) is 0 Å². The van der Waals surface area contributed by atoms with Gasteiger partial charge in [-0.3, -0.25) is 0 Å². The summed E-state index contributed by atoms with van der Waals surface area (Å²) in [4.78, 5) is 10.7. The van der Waals surface area contributed by atoms with Crippen LogP contribution in [0, 0.1) is 17.8 Å². The number of rotatable bonds is 3. The number of carbonyl (C=O) groups excluding carboxylic acids is 1. The van der Waals surface area contributed by atoms with Crippen LogP contribution >= 0.6 is 0 Å². The van der Waals surface area contributed by atoms with Gasteiger partial charge in [0.1, 0.15) is 6.29 Å². The molecule has 0 aliphatic heterocycles. The maximum absolute atomic E-state index is 10.7. The van der Waals surface area contributed by atoms with E-state index in [0.717, 1.165) is 25.0 Å². The summed E-state index contributed by atoms with van der Waals surface area (Å²) < 4.78 is 0. The van der Waals surface area contributed by atoms with Crippen LogP contribution in [0.4, 0.5) is 0 Å². The second kappa shape index (κ2) is 4.59. The van der Waals surface area contributed by atoms with Gasteiger partial charge in [-0.25, -0.2) is 0 Å². The average molecular weight is 180 g/mol. The minimum absolute atomic E-state index is 0.296. The predicted octanol–water partition coefficient (Wildman–Crippen LogP) is 3.20. The Morgan fingerprint density at radius 3 is 2.69 bits per heavy atom. The molecule has 0 spiro atoms. The van der Waals surface area contributed by atoms with Gasteiger partial charge in [-0.2, -0.15) is 0 Å². The van der Waals surface area contributed by atoms with Gasteiger partial charge in [-0.05, 0) is 38.0 Å². The Hall–Kier alpha value is -0.590. The lowest BCUT2D eigenvalue weighted by Crippen LogP contribution is -2.25. The van der Waals surface area contributed by atoms with Crippen molar-refractivity contribution in [1.29, 1.82) is 0 Å². The van der Waals surface area contributed by atoms with Crippen LogP contribution in [0.2, 0.25) is 0 Å². The summed E-state index contributed by atoms with van der Waals surface area (Å²) in [5, 5.41) is 0. The van der Waals surface area contributed by atoms with Crippen molar-refractivity contribution in [3.05, 3.63) is 12.2 Å². The molecule has 1 aliphatic rings. The Labute approximate surface area is 81.2 Å². The van der Waals surface area contributed by atoms with Crippen molar-refractivity contribution in [3.63, 3.8) is 0 Å². The third kappa shape index (κ3) is 2.43. The molecular formula is C12H20O. The van der Waals surface area contributed by atoms with Gasteiger partial charge in [0.15, 0.2) is 0 Å². The molecule has 0 aromatic rings. The molecule has 0 heterocycles. The molecule has 1 rings (SSSR count). The van der Waals surface area contributed by atoms with Crippen LogP contribution in [-0.2, 0) is 4.79 Å². The second-order valence-electron chi connectivity index (χ2n) is 4.33. The van der Waals surface area contributed by atoms with E-state index in [1.165, 1.54) is 18.4 Å². The van der Waals surface area contributed by atoms with Crippen LogP contribution in [0.3, 0.4) is 0 Å². The molecule has 0 N–H and O–H groups in total. The maximum Gasteiger partial charge on any atom is 0.123 e. The monoisotopic (exact) mass is 180 g/mol. The number of carbonyl (C=O) groups is 1. The van der Waals surface area contributed by atoms with E-state index in [-0.39, 0.29) is 0 Å². The first kappa shape index (κ1) is 10.5. The topological polar surface area (TPSA) is 17.1 Å². The summed E-state index contributed by atoms with van der Waals surface area (Å²) in [6, 6.07) is 0. The van der Waals surface area contributed by atoms with E-state index in [0.29, 0.717) is 11.8 Å². The number of aldehydes is 1. The van der Waals surface area contributed by atoms with E-state index in [1.807, 2.05) is 0 Å². The van der Waals surface area contributed by atoms with Gasteiger partial charge in [0.2, 0.25) is 0 Å². The Bertz CT molecular complexity index is 195. The van der Waals surface area contributed by atoms with E-state index < -0.39 is 0 Å². The fourth-order valence-corrected chi connectivity index (χ4v) is 2.48. The molecule has 0 saturated heterocycles. The molecule has 3 unspecified atom stereocenters.